The third-order valence-electron chi connectivity index (χ3n) is 4.57. The van der Waals surface area contributed by atoms with Crippen LogP contribution in [0, 0.1) is 0 Å². The highest BCUT2D eigenvalue weighted by Gasteiger charge is 2.33. The van der Waals surface area contributed by atoms with Crippen molar-refractivity contribution in [1.82, 2.24) is 0 Å². The van der Waals surface area contributed by atoms with E-state index in [4.69, 9.17) is 0 Å². The summed E-state index contributed by atoms with van der Waals surface area (Å²) in [5.41, 5.74) is 7.41. The van der Waals surface area contributed by atoms with Gasteiger partial charge < -0.3 is 0 Å². The van der Waals surface area contributed by atoms with Crippen molar-refractivity contribution in [3.63, 3.8) is 0 Å². The minimum Gasteiger partial charge on any atom is -0.0844 e. The molecule has 0 amide bonds. The van der Waals surface area contributed by atoms with Crippen LogP contribution in [0.25, 0.3) is 9.15 Å². The lowest BCUT2D eigenvalue weighted by Crippen LogP contribution is -2.01. The summed E-state index contributed by atoms with van der Waals surface area (Å²) >= 11 is 2.54. The summed E-state index contributed by atoms with van der Waals surface area (Å²) < 4.78 is 1.42. The maximum Gasteiger partial charge on any atom is 0.0321 e. The zero-order valence-electron chi connectivity index (χ0n) is 11.9. The van der Waals surface area contributed by atoms with Crippen LogP contribution in [0.5, 0.6) is 0 Å². The minimum atomic E-state index is 0.470. The Balaban J connectivity index is 1.93. The van der Waals surface area contributed by atoms with E-state index in [2.05, 4.69) is 83.3 Å². The smallest absolute Gasteiger partial charge is 0.0321 e. The Hall–Kier alpha value is -1.35. The number of hydrogen-bond donors (Lipinski definition) is 0. The van der Waals surface area contributed by atoms with Gasteiger partial charge in [0.25, 0.3) is 0 Å². The normalized spacial score (nSPS) is 20.6. The topological polar surface area (TPSA) is 0 Å². The van der Waals surface area contributed by atoms with Crippen molar-refractivity contribution in [3.05, 3.63) is 82.9 Å². The molecule has 4 rings (SSSR count). The molecule has 0 heterocycles. The van der Waals surface area contributed by atoms with Crippen LogP contribution in [0.2, 0.25) is 0 Å². The van der Waals surface area contributed by atoms with Crippen molar-refractivity contribution in [1.29, 1.82) is 0 Å². The molecule has 0 aliphatic heterocycles. The lowest BCUT2D eigenvalue weighted by molar-refractivity contribution is 0.864. The van der Waals surface area contributed by atoms with Gasteiger partial charge in [-0.25, -0.2) is 0 Å². The molecule has 0 aromatic heterocycles. The molecule has 2 aliphatic rings. The van der Waals surface area contributed by atoms with E-state index in [-0.39, 0.29) is 0 Å². The van der Waals surface area contributed by atoms with E-state index >= 15 is 0 Å². The Morgan fingerprint density at radius 2 is 1.67 bits per heavy atom. The van der Waals surface area contributed by atoms with Crippen LogP contribution in [0.3, 0.4) is 0 Å². The van der Waals surface area contributed by atoms with Crippen LogP contribution in [0.1, 0.15) is 41.9 Å². The van der Waals surface area contributed by atoms with Crippen molar-refractivity contribution in [2.24, 2.45) is 0 Å². The fraction of sp³-hybridized carbons (Fsp3) is 0.200. The highest BCUT2D eigenvalue weighted by Crippen LogP contribution is 2.54. The molecule has 1 atom stereocenters. The molecule has 0 nitrogen and oxygen atoms in total. The van der Waals surface area contributed by atoms with Crippen molar-refractivity contribution < 1.29 is 0 Å². The first kappa shape index (κ1) is 13.3. The molecule has 0 saturated heterocycles. The SMILES string of the molecule is IC1=C(c2ccccc2)C(C2=CCCC2)c2ccccc21. The van der Waals surface area contributed by atoms with Crippen molar-refractivity contribution in [2.45, 2.75) is 25.2 Å². The Kier molecular flexibility index (Phi) is 3.46. The monoisotopic (exact) mass is 384 g/mol. The molecule has 2 aliphatic carbocycles. The lowest BCUT2D eigenvalue weighted by atomic mass is 9.85. The molecule has 0 radical (unpaired) electrons. The van der Waals surface area contributed by atoms with E-state index in [1.54, 1.807) is 5.57 Å². The summed E-state index contributed by atoms with van der Waals surface area (Å²) in [6.45, 7) is 0. The zero-order valence-corrected chi connectivity index (χ0v) is 14.0. The van der Waals surface area contributed by atoms with Crippen LogP contribution in [0.15, 0.2) is 66.2 Å². The van der Waals surface area contributed by atoms with Gasteiger partial charge in [0.05, 0.1) is 0 Å². The average molecular weight is 384 g/mol. The molecular weight excluding hydrogens is 367 g/mol. The molecule has 2 aromatic rings. The van der Waals surface area contributed by atoms with E-state index in [1.807, 2.05) is 0 Å². The van der Waals surface area contributed by atoms with Crippen molar-refractivity contribution in [3.8, 4) is 0 Å². The third kappa shape index (κ3) is 2.18. The Bertz CT molecular complexity index is 737. The Labute approximate surface area is 139 Å². The van der Waals surface area contributed by atoms with Crippen LogP contribution >= 0.6 is 22.6 Å². The number of halogens is 1. The molecule has 0 spiro atoms. The van der Waals surface area contributed by atoms with Gasteiger partial charge in [0.15, 0.2) is 0 Å². The van der Waals surface area contributed by atoms with Gasteiger partial charge in [-0.2, -0.15) is 0 Å². The van der Waals surface area contributed by atoms with Gasteiger partial charge in [0, 0.05) is 9.50 Å². The maximum atomic E-state index is 2.54. The average Bonchev–Trinajstić information content (AvgIpc) is 3.15. The van der Waals surface area contributed by atoms with Crippen molar-refractivity contribution >= 4 is 31.7 Å². The van der Waals surface area contributed by atoms with Gasteiger partial charge >= 0.3 is 0 Å². The predicted molar refractivity (Wildman–Crippen MR) is 98.4 cm³/mol. The molecule has 0 N–H and O–H groups in total. The molecule has 0 bridgehead atoms. The summed E-state index contributed by atoms with van der Waals surface area (Å²) in [5.74, 6) is 0.470. The molecule has 21 heavy (non-hydrogen) atoms. The second-order valence-electron chi connectivity index (χ2n) is 5.79. The van der Waals surface area contributed by atoms with E-state index in [0.717, 1.165) is 0 Å². The predicted octanol–water partition coefficient (Wildman–Crippen LogP) is 6.20. The largest absolute Gasteiger partial charge is 0.0844 e. The second kappa shape index (κ2) is 5.45. The Morgan fingerprint density at radius 3 is 2.43 bits per heavy atom. The van der Waals surface area contributed by atoms with Gasteiger partial charge in [0.1, 0.15) is 0 Å². The summed E-state index contributed by atoms with van der Waals surface area (Å²) in [6, 6.07) is 19.8. The highest BCUT2D eigenvalue weighted by atomic mass is 127. The summed E-state index contributed by atoms with van der Waals surface area (Å²) in [6.07, 6.45) is 6.28. The molecule has 2 aromatic carbocycles. The lowest BCUT2D eigenvalue weighted by Gasteiger charge is -2.19. The quantitative estimate of drug-likeness (QED) is 0.427. The van der Waals surface area contributed by atoms with Crippen LogP contribution < -0.4 is 0 Å². The molecule has 1 unspecified atom stereocenters. The van der Waals surface area contributed by atoms with Gasteiger partial charge in [-0.05, 0) is 64.1 Å². The highest BCUT2D eigenvalue weighted by molar-refractivity contribution is 14.1. The standard InChI is InChI=1S/C20H17I/c21-20-17-13-7-6-12-16(17)18(14-10-4-5-11-14)19(20)15-8-2-1-3-9-15/h1-3,6-10,12-13,18H,4-5,11H2. The molecule has 1 heteroatoms. The number of benzene rings is 2. The van der Waals surface area contributed by atoms with Crippen molar-refractivity contribution in [2.75, 3.05) is 0 Å². The molecular formula is C20H17I. The zero-order chi connectivity index (χ0) is 14.2. The number of allylic oxidation sites excluding steroid dienone is 3. The van der Waals surface area contributed by atoms with Crippen LogP contribution in [-0.2, 0) is 0 Å². The fourth-order valence-corrected chi connectivity index (χ4v) is 4.74. The molecule has 0 fully saturated rings. The minimum absolute atomic E-state index is 0.470. The first-order valence-corrected chi connectivity index (χ1v) is 8.67. The van der Waals surface area contributed by atoms with Crippen LogP contribution in [-0.4, -0.2) is 0 Å². The Morgan fingerprint density at radius 1 is 0.905 bits per heavy atom. The van der Waals surface area contributed by atoms with Gasteiger partial charge in [0.2, 0.25) is 0 Å². The van der Waals surface area contributed by atoms with Gasteiger partial charge in [-0.1, -0.05) is 66.2 Å². The fourth-order valence-electron chi connectivity index (χ4n) is 3.63. The van der Waals surface area contributed by atoms with E-state index in [0.29, 0.717) is 5.92 Å². The van der Waals surface area contributed by atoms with E-state index in [1.165, 1.54) is 45.1 Å². The number of fused-ring (bicyclic) bond motifs is 1. The third-order valence-corrected chi connectivity index (χ3v) is 5.73. The van der Waals surface area contributed by atoms with Crippen LogP contribution in [0.4, 0.5) is 0 Å². The summed E-state index contributed by atoms with van der Waals surface area (Å²) in [4.78, 5) is 0. The van der Waals surface area contributed by atoms with Gasteiger partial charge in [-0.15, -0.1) is 0 Å². The number of rotatable bonds is 2. The maximum absolute atomic E-state index is 2.54. The van der Waals surface area contributed by atoms with E-state index < -0.39 is 0 Å². The van der Waals surface area contributed by atoms with E-state index in [9.17, 15) is 0 Å². The second-order valence-corrected chi connectivity index (χ2v) is 6.86. The number of hydrogen-bond acceptors (Lipinski definition) is 0. The summed E-state index contributed by atoms with van der Waals surface area (Å²) in [7, 11) is 0. The summed E-state index contributed by atoms with van der Waals surface area (Å²) in [5, 5.41) is 0. The van der Waals surface area contributed by atoms with Gasteiger partial charge in [-0.3, -0.25) is 0 Å². The first-order chi connectivity index (χ1) is 10.4. The molecule has 0 saturated carbocycles. The first-order valence-electron chi connectivity index (χ1n) is 7.59. The molecule has 104 valence electrons.